The molecule has 0 radical (unpaired) electrons. The number of carbonyl (C=O) groups excluding carboxylic acids is 1. The summed E-state index contributed by atoms with van der Waals surface area (Å²) in [6.07, 6.45) is 0. The van der Waals surface area contributed by atoms with Gasteiger partial charge in [-0.15, -0.1) is 11.3 Å². The summed E-state index contributed by atoms with van der Waals surface area (Å²) in [6.45, 7) is 7.01. The van der Waals surface area contributed by atoms with Gasteiger partial charge in [0.1, 0.15) is 6.04 Å². The van der Waals surface area contributed by atoms with Crippen LogP contribution in [0.4, 0.5) is 4.79 Å². The van der Waals surface area contributed by atoms with Crippen LogP contribution in [0.2, 0.25) is 0 Å². The van der Waals surface area contributed by atoms with Gasteiger partial charge in [0, 0.05) is 18.5 Å². The predicted octanol–water partition coefficient (Wildman–Crippen LogP) is 1.80. The number of hydrogen-bond donors (Lipinski definition) is 1. The molecule has 1 aromatic rings. The van der Waals surface area contributed by atoms with Crippen LogP contribution in [0.3, 0.4) is 0 Å². The Morgan fingerprint density at radius 3 is 2.70 bits per heavy atom. The monoisotopic (exact) mass is 297 g/mol. The highest BCUT2D eigenvalue weighted by Crippen LogP contribution is 2.20. The molecule has 1 aromatic heterocycles. The number of amides is 2. The first kappa shape index (κ1) is 14.8. The Morgan fingerprint density at radius 2 is 2.20 bits per heavy atom. The van der Waals surface area contributed by atoms with Gasteiger partial charge >= 0.3 is 12.0 Å². The minimum atomic E-state index is -0.945. The first-order chi connectivity index (χ1) is 9.40. The smallest absolute Gasteiger partial charge is 0.326 e. The highest BCUT2D eigenvalue weighted by atomic mass is 32.1. The summed E-state index contributed by atoms with van der Waals surface area (Å²) in [7, 11) is 0. The fraction of sp³-hybridized carbons (Fsp3) is 0.615. The molecular weight excluding hydrogens is 278 g/mol. The van der Waals surface area contributed by atoms with Crippen LogP contribution in [0.15, 0.2) is 5.38 Å². The molecular formula is C13H19N3O3S. The van der Waals surface area contributed by atoms with E-state index in [1.54, 1.807) is 16.2 Å². The van der Waals surface area contributed by atoms with Gasteiger partial charge in [-0.25, -0.2) is 14.6 Å². The van der Waals surface area contributed by atoms with Crippen molar-refractivity contribution in [3.63, 3.8) is 0 Å². The lowest BCUT2D eigenvalue weighted by molar-refractivity contribution is -0.143. The fourth-order valence-electron chi connectivity index (χ4n) is 2.46. The van der Waals surface area contributed by atoms with E-state index in [1.165, 1.54) is 4.90 Å². The maximum Gasteiger partial charge on any atom is 0.326 e. The molecule has 110 valence electrons. The second-order valence-electron chi connectivity index (χ2n) is 5.28. The van der Waals surface area contributed by atoms with Crippen molar-refractivity contribution < 1.29 is 14.7 Å². The molecule has 6 nitrogen and oxygen atoms in total. The average molecular weight is 297 g/mol. The third-order valence-corrected chi connectivity index (χ3v) is 4.19. The fourth-order valence-corrected chi connectivity index (χ4v) is 3.06. The van der Waals surface area contributed by atoms with Crippen LogP contribution in [0.1, 0.15) is 24.5 Å². The Balaban J connectivity index is 2.07. The van der Waals surface area contributed by atoms with Gasteiger partial charge in [-0.3, -0.25) is 0 Å². The van der Waals surface area contributed by atoms with Gasteiger partial charge < -0.3 is 14.9 Å². The van der Waals surface area contributed by atoms with Crippen LogP contribution in [-0.4, -0.2) is 51.0 Å². The van der Waals surface area contributed by atoms with Gasteiger partial charge in [0.2, 0.25) is 0 Å². The number of carbonyl (C=O) groups is 2. The molecule has 0 bridgehead atoms. The number of thiazole rings is 1. The lowest BCUT2D eigenvalue weighted by atomic mass is 10.0. The van der Waals surface area contributed by atoms with Gasteiger partial charge in [-0.1, -0.05) is 13.8 Å². The summed E-state index contributed by atoms with van der Waals surface area (Å²) in [5.41, 5.74) is 0.860. The highest BCUT2D eigenvalue weighted by molar-refractivity contribution is 7.09. The Labute approximate surface area is 122 Å². The molecule has 2 amide bonds. The zero-order valence-electron chi connectivity index (χ0n) is 11.9. The summed E-state index contributed by atoms with van der Waals surface area (Å²) in [4.78, 5) is 31.1. The van der Waals surface area contributed by atoms with E-state index in [0.717, 1.165) is 10.7 Å². The maximum absolute atomic E-state index is 12.3. The van der Waals surface area contributed by atoms with E-state index >= 15 is 0 Å². The van der Waals surface area contributed by atoms with Gasteiger partial charge in [0.15, 0.2) is 0 Å². The highest BCUT2D eigenvalue weighted by Gasteiger charge is 2.38. The van der Waals surface area contributed by atoms with Crippen molar-refractivity contribution in [3.05, 3.63) is 16.1 Å². The van der Waals surface area contributed by atoms with E-state index in [4.69, 9.17) is 0 Å². The van der Waals surface area contributed by atoms with Gasteiger partial charge in [0.05, 0.1) is 17.2 Å². The molecule has 0 aliphatic carbocycles. The molecule has 1 saturated heterocycles. The number of aryl methyl sites for hydroxylation is 1. The van der Waals surface area contributed by atoms with Gasteiger partial charge in [0.25, 0.3) is 0 Å². The minimum absolute atomic E-state index is 0.113. The molecule has 0 spiro atoms. The quantitative estimate of drug-likeness (QED) is 0.899. The second kappa shape index (κ2) is 5.78. The number of urea groups is 1. The molecule has 1 atom stereocenters. The third kappa shape index (κ3) is 2.92. The van der Waals surface area contributed by atoms with Crippen molar-refractivity contribution in [2.75, 3.05) is 13.1 Å². The van der Waals surface area contributed by atoms with Crippen LogP contribution >= 0.6 is 11.3 Å². The first-order valence-electron chi connectivity index (χ1n) is 6.59. The van der Waals surface area contributed by atoms with Crippen molar-refractivity contribution in [3.8, 4) is 0 Å². The van der Waals surface area contributed by atoms with E-state index in [9.17, 15) is 14.7 Å². The molecule has 20 heavy (non-hydrogen) atoms. The van der Waals surface area contributed by atoms with Crippen molar-refractivity contribution in [1.82, 2.24) is 14.8 Å². The lowest BCUT2D eigenvalue weighted by Gasteiger charge is -2.27. The molecule has 0 unspecified atom stereocenters. The van der Waals surface area contributed by atoms with E-state index in [1.807, 2.05) is 26.2 Å². The molecule has 1 aliphatic rings. The molecule has 2 heterocycles. The Hall–Kier alpha value is -1.63. The topological polar surface area (TPSA) is 73.7 Å². The van der Waals surface area contributed by atoms with E-state index in [-0.39, 0.29) is 11.9 Å². The number of carboxylic acids is 1. The van der Waals surface area contributed by atoms with Crippen LogP contribution < -0.4 is 0 Å². The minimum Gasteiger partial charge on any atom is -0.480 e. The lowest BCUT2D eigenvalue weighted by Crippen LogP contribution is -2.46. The standard InChI is InChI=1S/C13H19N3O3S/c1-8(2)11(12(17)18)16-5-4-15(13(16)19)6-10-7-20-9(3)14-10/h7-8,11H,4-6H2,1-3H3,(H,17,18)/t11-/m0/s1. The van der Waals surface area contributed by atoms with Crippen molar-refractivity contribution in [2.24, 2.45) is 5.92 Å². The van der Waals surface area contributed by atoms with Crippen molar-refractivity contribution >= 4 is 23.3 Å². The Bertz CT molecular complexity index is 515. The molecule has 0 aromatic carbocycles. The van der Waals surface area contributed by atoms with Crippen LogP contribution in [0, 0.1) is 12.8 Å². The molecule has 2 rings (SSSR count). The molecule has 0 saturated carbocycles. The second-order valence-corrected chi connectivity index (χ2v) is 6.34. The van der Waals surface area contributed by atoms with Crippen LogP contribution in [-0.2, 0) is 11.3 Å². The normalized spacial score (nSPS) is 17.1. The Morgan fingerprint density at radius 1 is 1.50 bits per heavy atom. The average Bonchev–Trinajstić information content (AvgIpc) is 2.89. The number of rotatable bonds is 5. The van der Waals surface area contributed by atoms with Crippen molar-refractivity contribution in [1.29, 1.82) is 0 Å². The van der Waals surface area contributed by atoms with Crippen LogP contribution in [0.5, 0.6) is 0 Å². The molecule has 7 heteroatoms. The molecule has 1 fully saturated rings. The predicted molar refractivity (Wildman–Crippen MR) is 75.6 cm³/mol. The summed E-state index contributed by atoms with van der Waals surface area (Å²) < 4.78 is 0. The molecule has 1 N–H and O–H groups in total. The van der Waals surface area contributed by atoms with Crippen molar-refractivity contribution in [2.45, 2.75) is 33.4 Å². The van der Waals surface area contributed by atoms with E-state index in [2.05, 4.69) is 4.98 Å². The zero-order chi connectivity index (χ0) is 14.9. The third-order valence-electron chi connectivity index (χ3n) is 3.37. The number of aromatic nitrogens is 1. The SMILES string of the molecule is Cc1nc(CN2CCN([C@H](C(=O)O)C(C)C)C2=O)cs1. The van der Waals surface area contributed by atoms with Gasteiger partial charge in [-0.05, 0) is 12.8 Å². The van der Waals surface area contributed by atoms with Crippen LogP contribution in [0.25, 0.3) is 0 Å². The largest absolute Gasteiger partial charge is 0.480 e. The number of nitrogens with zero attached hydrogens (tertiary/aromatic N) is 3. The summed E-state index contributed by atoms with van der Waals surface area (Å²) >= 11 is 1.55. The number of hydrogen-bond acceptors (Lipinski definition) is 4. The maximum atomic E-state index is 12.3. The number of aliphatic carboxylic acids is 1. The summed E-state index contributed by atoms with van der Waals surface area (Å²) in [5.74, 6) is -1.06. The van der Waals surface area contributed by atoms with Gasteiger partial charge in [-0.2, -0.15) is 0 Å². The van der Waals surface area contributed by atoms with E-state index in [0.29, 0.717) is 19.6 Å². The Kier molecular flexibility index (Phi) is 4.27. The zero-order valence-corrected chi connectivity index (χ0v) is 12.7. The first-order valence-corrected chi connectivity index (χ1v) is 7.47. The molecule has 1 aliphatic heterocycles. The summed E-state index contributed by atoms with van der Waals surface area (Å²) in [6, 6.07) is -0.971. The number of carboxylic acid groups (broad SMARTS) is 1. The summed E-state index contributed by atoms with van der Waals surface area (Å²) in [5, 5.41) is 12.2. The van der Waals surface area contributed by atoms with E-state index < -0.39 is 12.0 Å².